The molecular formula is C15H11BrN2. The fraction of sp³-hybridized carbons (Fsp3) is 0.0667. The first kappa shape index (κ1) is 11.4. The van der Waals surface area contributed by atoms with Gasteiger partial charge in [0.2, 0.25) is 0 Å². The van der Waals surface area contributed by atoms with E-state index in [-0.39, 0.29) is 0 Å². The van der Waals surface area contributed by atoms with Crippen LogP contribution in [0.3, 0.4) is 0 Å². The van der Waals surface area contributed by atoms with E-state index < -0.39 is 0 Å². The van der Waals surface area contributed by atoms with Crippen molar-refractivity contribution in [3.05, 3.63) is 58.8 Å². The Bertz CT molecular complexity index is 723. The van der Waals surface area contributed by atoms with Gasteiger partial charge in [-0.05, 0) is 35.0 Å². The SMILES string of the molecule is Cc1cccc(-c2nc(Br)nc3ccccc23)c1. The van der Waals surface area contributed by atoms with E-state index in [0.717, 1.165) is 22.2 Å². The molecule has 0 fully saturated rings. The monoisotopic (exact) mass is 298 g/mol. The van der Waals surface area contributed by atoms with Gasteiger partial charge in [0, 0.05) is 10.9 Å². The molecule has 0 atom stereocenters. The van der Waals surface area contributed by atoms with Crippen LogP contribution in [0.1, 0.15) is 5.56 Å². The summed E-state index contributed by atoms with van der Waals surface area (Å²) in [6.45, 7) is 2.09. The largest absolute Gasteiger partial charge is 0.222 e. The number of hydrogen-bond donors (Lipinski definition) is 0. The first-order chi connectivity index (χ1) is 8.74. The average Bonchev–Trinajstić information content (AvgIpc) is 2.37. The van der Waals surface area contributed by atoms with Crippen LogP contribution in [0.15, 0.2) is 53.3 Å². The second kappa shape index (κ2) is 4.50. The van der Waals surface area contributed by atoms with Crippen LogP contribution in [-0.4, -0.2) is 9.97 Å². The summed E-state index contributed by atoms with van der Waals surface area (Å²) in [5.41, 5.74) is 4.27. The van der Waals surface area contributed by atoms with Gasteiger partial charge in [-0.25, -0.2) is 9.97 Å². The maximum atomic E-state index is 4.52. The molecule has 0 amide bonds. The van der Waals surface area contributed by atoms with Crippen LogP contribution in [0, 0.1) is 6.92 Å². The Morgan fingerprint density at radius 2 is 1.78 bits per heavy atom. The molecule has 0 radical (unpaired) electrons. The standard InChI is InChI=1S/C15H11BrN2/c1-10-5-4-6-11(9-10)14-12-7-2-3-8-13(12)17-15(16)18-14/h2-9H,1H3. The van der Waals surface area contributed by atoms with Crippen molar-refractivity contribution in [2.75, 3.05) is 0 Å². The Labute approximate surface area is 114 Å². The molecule has 0 aliphatic heterocycles. The Kier molecular flexibility index (Phi) is 2.84. The van der Waals surface area contributed by atoms with E-state index in [1.807, 2.05) is 18.2 Å². The maximum Gasteiger partial charge on any atom is 0.197 e. The van der Waals surface area contributed by atoms with Gasteiger partial charge in [-0.2, -0.15) is 0 Å². The van der Waals surface area contributed by atoms with Crippen molar-refractivity contribution in [1.29, 1.82) is 0 Å². The number of fused-ring (bicyclic) bond motifs is 1. The van der Waals surface area contributed by atoms with Crippen molar-refractivity contribution < 1.29 is 0 Å². The quantitative estimate of drug-likeness (QED) is 0.624. The minimum Gasteiger partial charge on any atom is -0.222 e. The van der Waals surface area contributed by atoms with Gasteiger partial charge in [-0.15, -0.1) is 0 Å². The van der Waals surface area contributed by atoms with E-state index in [1.165, 1.54) is 5.56 Å². The molecule has 0 N–H and O–H groups in total. The highest BCUT2D eigenvalue weighted by Gasteiger charge is 2.08. The molecule has 0 saturated carbocycles. The number of benzene rings is 2. The molecule has 0 saturated heterocycles. The van der Waals surface area contributed by atoms with Crippen molar-refractivity contribution in [2.24, 2.45) is 0 Å². The van der Waals surface area contributed by atoms with Gasteiger partial charge in [0.15, 0.2) is 4.73 Å². The van der Waals surface area contributed by atoms with E-state index in [0.29, 0.717) is 4.73 Å². The fourth-order valence-electron chi connectivity index (χ4n) is 2.06. The van der Waals surface area contributed by atoms with Crippen molar-refractivity contribution in [1.82, 2.24) is 9.97 Å². The van der Waals surface area contributed by atoms with E-state index in [9.17, 15) is 0 Å². The average molecular weight is 299 g/mol. The van der Waals surface area contributed by atoms with Crippen molar-refractivity contribution in [2.45, 2.75) is 6.92 Å². The highest BCUT2D eigenvalue weighted by Crippen LogP contribution is 2.27. The molecule has 2 aromatic carbocycles. The van der Waals surface area contributed by atoms with Crippen molar-refractivity contribution >= 4 is 26.8 Å². The third kappa shape index (κ3) is 2.02. The number of aromatic nitrogens is 2. The predicted octanol–water partition coefficient (Wildman–Crippen LogP) is 4.37. The molecule has 0 aliphatic carbocycles. The summed E-state index contributed by atoms with van der Waals surface area (Å²) in [5, 5.41) is 1.08. The van der Waals surface area contributed by atoms with Crippen LogP contribution in [-0.2, 0) is 0 Å². The van der Waals surface area contributed by atoms with Gasteiger partial charge in [-0.3, -0.25) is 0 Å². The molecule has 3 aromatic rings. The molecule has 0 aliphatic rings. The second-order valence-corrected chi connectivity index (χ2v) is 4.94. The third-order valence-corrected chi connectivity index (χ3v) is 3.22. The van der Waals surface area contributed by atoms with Crippen LogP contribution in [0.4, 0.5) is 0 Å². The topological polar surface area (TPSA) is 25.8 Å². The van der Waals surface area contributed by atoms with Gasteiger partial charge in [0.05, 0.1) is 11.2 Å². The molecule has 18 heavy (non-hydrogen) atoms. The van der Waals surface area contributed by atoms with Crippen LogP contribution in [0.25, 0.3) is 22.2 Å². The zero-order valence-corrected chi connectivity index (χ0v) is 11.5. The van der Waals surface area contributed by atoms with Crippen LogP contribution < -0.4 is 0 Å². The molecule has 88 valence electrons. The lowest BCUT2D eigenvalue weighted by atomic mass is 10.0. The summed E-state index contributed by atoms with van der Waals surface area (Å²) in [6.07, 6.45) is 0. The maximum absolute atomic E-state index is 4.52. The first-order valence-corrected chi connectivity index (χ1v) is 6.53. The molecule has 1 aromatic heterocycles. The first-order valence-electron chi connectivity index (χ1n) is 5.73. The van der Waals surface area contributed by atoms with Gasteiger partial charge in [-0.1, -0.05) is 42.0 Å². The Morgan fingerprint density at radius 3 is 2.61 bits per heavy atom. The number of nitrogens with zero attached hydrogens (tertiary/aromatic N) is 2. The minimum absolute atomic E-state index is 0.623. The summed E-state index contributed by atoms with van der Waals surface area (Å²) in [5.74, 6) is 0. The third-order valence-electron chi connectivity index (χ3n) is 2.87. The van der Waals surface area contributed by atoms with E-state index in [4.69, 9.17) is 0 Å². The number of para-hydroxylation sites is 1. The lowest BCUT2D eigenvalue weighted by molar-refractivity contribution is 1.16. The molecule has 0 bridgehead atoms. The summed E-state index contributed by atoms with van der Waals surface area (Å²) in [4.78, 5) is 8.91. The molecule has 2 nitrogen and oxygen atoms in total. The second-order valence-electron chi connectivity index (χ2n) is 4.23. The van der Waals surface area contributed by atoms with Crippen LogP contribution in [0.2, 0.25) is 0 Å². The Balaban J connectivity index is 2.34. The van der Waals surface area contributed by atoms with Gasteiger partial charge < -0.3 is 0 Å². The molecular weight excluding hydrogens is 288 g/mol. The Hall–Kier alpha value is -1.74. The van der Waals surface area contributed by atoms with Gasteiger partial charge >= 0.3 is 0 Å². The lowest BCUT2D eigenvalue weighted by Crippen LogP contribution is -1.91. The summed E-state index contributed by atoms with van der Waals surface area (Å²) < 4.78 is 0.623. The van der Waals surface area contributed by atoms with E-state index >= 15 is 0 Å². The number of rotatable bonds is 1. The minimum atomic E-state index is 0.623. The molecule has 0 unspecified atom stereocenters. The fourth-order valence-corrected chi connectivity index (χ4v) is 2.43. The number of aryl methyl sites for hydroxylation is 1. The van der Waals surface area contributed by atoms with Crippen LogP contribution >= 0.6 is 15.9 Å². The highest BCUT2D eigenvalue weighted by molar-refractivity contribution is 9.10. The Morgan fingerprint density at radius 1 is 0.944 bits per heavy atom. The zero-order valence-electron chi connectivity index (χ0n) is 9.89. The smallest absolute Gasteiger partial charge is 0.197 e. The normalized spacial score (nSPS) is 10.8. The molecule has 3 rings (SSSR count). The highest BCUT2D eigenvalue weighted by atomic mass is 79.9. The number of hydrogen-bond acceptors (Lipinski definition) is 2. The molecule has 3 heteroatoms. The number of halogens is 1. The summed E-state index contributed by atoms with van der Waals surface area (Å²) >= 11 is 3.38. The summed E-state index contributed by atoms with van der Waals surface area (Å²) in [7, 11) is 0. The van der Waals surface area contributed by atoms with Gasteiger partial charge in [0.1, 0.15) is 0 Å². The molecule has 0 spiro atoms. The van der Waals surface area contributed by atoms with E-state index in [1.54, 1.807) is 0 Å². The predicted molar refractivity (Wildman–Crippen MR) is 77.4 cm³/mol. The van der Waals surface area contributed by atoms with Gasteiger partial charge in [0.25, 0.3) is 0 Å². The van der Waals surface area contributed by atoms with Crippen LogP contribution in [0.5, 0.6) is 0 Å². The zero-order chi connectivity index (χ0) is 12.5. The summed E-state index contributed by atoms with van der Waals surface area (Å²) in [6, 6.07) is 16.4. The lowest BCUT2D eigenvalue weighted by Gasteiger charge is -2.07. The molecule has 1 heterocycles. The van der Waals surface area contributed by atoms with Crippen molar-refractivity contribution in [3.8, 4) is 11.3 Å². The van der Waals surface area contributed by atoms with Crippen molar-refractivity contribution in [3.63, 3.8) is 0 Å². The van der Waals surface area contributed by atoms with E-state index in [2.05, 4.69) is 63.2 Å².